The minimum Gasteiger partial charge on any atom is -0.497 e. The number of ether oxygens (including phenoxy) is 4. The van der Waals surface area contributed by atoms with Gasteiger partial charge in [-0.1, -0.05) is 96.8 Å². The average Bonchev–Trinajstić information content (AvgIpc) is 3.24. The third kappa shape index (κ3) is 12.0. The fourth-order valence-electron chi connectivity index (χ4n) is 6.48. The predicted octanol–water partition coefficient (Wildman–Crippen LogP) is 10.3. The second-order valence-corrected chi connectivity index (χ2v) is 15.3. The first-order valence-corrected chi connectivity index (χ1v) is 20.4. The highest BCUT2D eigenvalue weighted by molar-refractivity contribution is 7.44. The number of methoxy groups -OCH3 is 2. The Balaban J connectivity index is 1.48. The zero-order chi connectivity index (χ0) is 40.5. The Kier molecular flexibility index (Phi) is 16.7. The number of benzene rings is 5. The molecule has 5 aromatic rings. The van der Waals surface area contributed by atoms with Crippen LogP contribution in [0, 0.1) is 23.2 Å². The van der Waals surface area contributed by atoms with Crippen molar-refractivity contribution in [1.29, 1.82) is 5.26 Å². The van der Waals surface area contributed by atoms with Gasteiger partial charge in [-0.2, -0.15) is 5.26 Å². The third-order valence-corrected chi connectivity index (χ3v) is 11.4. The van der Waals surface area contributed by atoms with Gasteiger partial charge in [0.25, 0.3) is 8.53 Å². The number of nitriles is 1. The fraction of sp³-hybridized carbons (Fsp3) is 0.312. The maximum Gasteiger partial charge on any atom is 0.259 e. The number of rotatable bonds is 20. The van der Waals surface area contributed by atoms with E-state index in [1.54, 1.807) is 14.2 Å². The lowest BCUT2D eigenvalue weighted by atomic mass is 9.80. The summed E-state index contributed by atoms with van der Waals surface area (Å²) in [6.07, 6.45) is -0.310. The first-order chi connectivity index (χ1) is 27.8. The van der Waals surface area contributed by atoms with E-state index >= 15 is 0 Å². The fourth-order valence-corrected chi connectivity index (χ4v) is 8.16. The molecule has 0 aromatic heterocycles. The van der Waals surface area contributed by atoms with Gasteiger partial charge in [-0.05, 0) is 98.5 Å². The molecule has 2 atom stereocenters. The minimum absolute atomic E-state index is 0.117. The van der Waals surface area contributed by atoms with Crippen molar-refractivity contribution >= 4 is 8.53 Å². The lowest BCUT2D eigenvalue weighted by Gasteiger charge is -2.39. The summed E-state index contributed by atoms with van der Waals surface area (Å²) >= 11 is 0. The average molecular weight is 785 g/mol. The minimum atomic E-state index is -1.60. The molecule has 1 unspecified atom stereocenters. The molecular formula is C48H53N2O6P. The molecule has 0 amide bonds. The van der Waals surface area contributed by atoms with Crippen LogP contribution in [0.3, 0.4) is 0 Å². The lowest BCUT2D eigenvalue weighted by Crippen LogP contribution is -2.39. The van der Waals surface area contributed by atoms with Crippen molar-refractivity contribution in [3.63, 3.8) is 0 Å². The maximum absolute atomic E-state index is 9.37. The summed E-state index contributed by atoms with van der Waals surface area (Å²) in [5.74, 6) is 7.94. The van der Waals surface area contributed by atoms with Gasteiger partial charge >= 0.3 is 0 Å². The van der Waals surface area contributed by atoms with E-state index in [9.17, 15) is 5.26 Å². The maximum atomic E-state index is 9.37. The summed E-state index contributed by atoms with van der Waals surface area (Å²) in [7, 11) is 1.71. The molecule has 5 aromatic carbocycles. The van der Waals surface area contributed by atoms with Gasteiger partial charge in [0.15, 0.2) is 0 Å². The van der Waals surface area contributed by atoms with E-state index in [1.165, 1.54) is 0 Å². The van der Waals surface area contributed by atoms with Crippen molar-refractivity contribution in [3.05, 3.63) is 167 Å². The van der Waals surface area contributed by atoms with Crippen LogP contribution in [-0.2, 0) is 30.7 Å². The molecule has 0 saturated heterocycles. The Hall–Kier alpha value is -5.02. The van der Waals surface area contributed by atoms with Crippen molar-refractivity contribution in [2.24, 2.45) is 0 Å². The summed E-state index contributed by atoms with van der Waals surface area (Å²) in [4.78, 5) is 0. The van der Waals surface area contributed by atoms with Crippen LogP contribution in [0.5, 0.6) is 11.5 Å². The lowest BCUT2D eigenvalue weighted by molar-refractivity contribution is -0.0611. The molecule has 0 radical (unpaired) electrons. The number of hydrogen-bond acceptors (Lipinski definition) is 8. The summed E-state index contributed by atoms with van der Waals surface area (Å²) in [6, 6.07) is 46.6. The van der Waals surface area contributed by atoms with Gasteiger partial charge in [0.05, 0.1) is 53.1 Å². The number of hydrogen-bond donors (Lipinski definition) is 0. The second kappa shape index (κ2) is 22.1. The van der Waals surface area contributed by atoms with E-state index in [0.717, 1.165) is 44.9 Å². The SMILES string of the molecule is COc1ccc(C(OC[C@H](COCc2ccc(C#Cc3ccccc3)cc2)OP(OCCC#N)N(C(C)C)C(C)C)(c2ccccc2)c2ccc(OC)cc2)cc1. The van der Waals surface area contributed by atoms with Crippen LogP contribution in [0.1, 0.15) is 67.5 Å². The van der Waals surface area contributed by atoms with E-state index in [0.29, 0.717) is 6.61 Å². The molecule has 0 aliphatic rings. The molecule has 0 spiro atoms. The molecule has 9 heteroatoms. The van der Waals surface area contributed by atoms with E-state index in [-0.39, 0.29) is 38.3 Å². The topological polar surface area (TPSA) is 82.4 Å². The van der Waals surface area contributed by atoms with E-state index in [2.05, 4.69) is 62.4 Å². The molecule has 296 valence electrons. The van der Waals surface area contributed by atoms with Gasteiger partial charge in [0, 0.05) is 23.2 Å². The van der Waals surface area contributed by atoms with Crippen LogP contribution in [0.15, 0.2) is 133 Å². The monoisotopic (exact) mass is 784 g/mol. The molecule has 5 rings (SSSR count). The van der Waals surface area contributed by atoms with Gasteiger partial charge in [0.2, 0.25) is 0 Å². The predicted molar refractivity (Wildman–Crippen MR) is 227 cm³/mol. The molecule has 0 N–H and O–H groups in total. The second-order valence-electron chi connectivity index (χ2n) is 13.9. The summed E-state index contributed by atoms with van der Waals surface area (Å²) in [5, 5.41) is 9.37. The van der Waals surface area contributed by atoms with Crippen molar-refractivity contribution in [3.8, 4) is 29.4 Å². The summed E-state index contributed by atoms with van der Waals surface area (Å²) < 4.78 is 40.3. The zero-order valence-electron chi connectivity index (χ0n) is 33.8. The van der Waals surface area contributed by atoms with Crippen molar-refractivity contribution < 1.29 is 28.0 Å². The first kappa shape index (κ1) is 43.1. The van der Waals surface area contributed by atoms with Gasteiger partial charge in [0.1, 0.15) is 23.2 Å². The Morgan fingerprint density at radius 1 is 0.632 bits per heavy atom. The standard InChI is InChI=1S/C48H53N2O6P/c1-37(2)50(38(3)4)57(55-33-13-32-49)56-47(35-53-34-41-22-20-40(21-23-41)19-18-39-14-9-7-10-15-39)36-54-48(42-16-11-8-12-17-42,43-24-28-45(51-5)29-25-43)44-26-30-46(52-6)31-27-44/h7-12,14-17,20-31,37-38,47H,13,33-36H2,1-6H3/t47-,57?/m0/s1. The molecule has 0 aliphatic carbocycles. The Bertz CT molecular complexity index is 1970. The largest absolute Gasteiger partial charge is 0.497 e. The number of nitrogens with zero attached hydrogens (tertiary/aromatic N) is 2. The van der Waals surface area contributed by atoms with Crippen molar-refractivity contribution in [1.82, 2.24) is 4.67 Å². The highest BCUT2D eigenvalue weighted by Crippen LogP contribution is 2.48. The summed E-state index contributed by atoms with van der Waals surface area (Å²) in [5.41, 5.74) is 4.61. The van der Waals surface area contributed by atoms with E-state index in [4.69, 9.17) is 28.0 Å². The Morgan fingerprint density at radius 3 is 1.65 bits per heavy atom. The van der Waals surface area contributed by atoms with Crippen LogP contribution in [0.2, 0.25) is 0 Å². The van der Waals surface area contributed by atoms with Crippen molar-refractivity contribution in [2.75, 3.05) is 34.0 Å². The summed E-state index contributed by atoms with van der Waals surface area (Å²) in [6.45, 7) is 9.45. The molecule has 0 heterocycles. The molecule has 0 fully saturated rings. The van der Waals surface area contributed by atoms with Gasteiger partial charge in [-0.3, -0.25) is 0 Å². The normalized spacial score (nSPS) is 12.5. The van der Waals surface area contributed by atoms with Crippen LogP contribution >= 0.6 is 8.53 Å². The van der Waals surface area contributed by atoms with E-state index < -0.39 is 20.2 Å². The quantitative estimate of drug-likeness (QED) is 0.0334. The van der Waals surface area contributed by atoms with Crippen molar-refractivity contribution in [2.45, 2.75) is 64.5 Å². The molecule has 0 bridgehead atoms. The van der Waals surface area contributed by atoms with Crippen LogP contribution < -0.4 is 9.47 Å². The molecule has 0 aliphatic heterocycles. The third-order valence-electron chi connectivity index (χ3n) is 9.21. The van der Waals surface area contributed by atoms with Gasteiger partial charge in [-0.25, -0.2) is 4.67 Å². The van der Waals surface area contributed by atoms with Crippen LogP contribution in [-0.4, -0.2) is 56.9 Å². The smallest absolute Gasteiger partial charge is 0.259 e. The first-order valence-electron chi connectivity index (χ1n) is 19.2. The molecule has 57 heavy (non-hydrogen) atoms. The highest BCUT2D eigenvalue weighted by atomic mass is 31.2. The van der Waals surface area contributed by atoms with Crippen LogP contribution in [0.25, 0.3) is 0 Å². The molecular weight excluding hydrogens is 732 g/mol. The molecule has 8 nitrogen and oxygen atoms in total. The van der Waals surface area contributed by atoms with Gasteiger partial charge in [-0.15, -0.1) is 0 Å². The highest BCUT2D eigenvalue weighted by Gasteiger charge is 2.39. The van der Waals surface area contributed by atoms with E-state index in [1.807, 2.05) is 121 Å². The molecule has 0 saturated carbocycles. The Labute approximate surface area is 340 Å². The van der Waals surface area contributed by atoms with Crippen LogP contribution in [0.4, 0.5) is 0 Å². The zero-order valence-corrected chi connectivity index (χ0v) is 34.7. The Morgan fingerprint density at radius 2 is 1.14 bits per heavy atom. The van der Waals surface area contributed by atoms with Gasteiger partial charge < -0.3 is 28.0 Å².